The summed E-state index contributed by atoms with van der Waals surface area (Å²) in [6.45, 7) is 2.59. The molecule has 0 spiro atoms. The standard InChI is InChI=1S/C14H15NO8/c1-4-10(17)23-13(7(2)16)8-5-6-9(22-3)12(15(20)21)11(8)14(18)19/h5-6,13H,4H2,1-3H3,(H,18,19). The molecule has 124 valence electrons. The van der Waals surface area contributed by atoms with Gasteiger partial charge in [-0.1, -0.05) is 6.92 Å². The topological polar surface area (TPSA) is 133 Å². The van der Waals surface area contributed by atoms with Gasteiger partial charge in [-0.25, -0.2) is 4.79 Å². The number of esters is 1. The number of carboxylic acid groups (broad SMARTS) is 1. The fraction of sp³-hybridized carbons (Fsp3) is 0.357. The Kier molecular flexibility index (Phi) is 5.77. The molecule has 0 aliphatic rings. The number of ketones is 1. The number of hydrogen-bond donors (Lipinski definition) is 1. The van der Waals surface area contributed by atoms with Crippen molar-refractivity contribution in [3.63, 3.8) is 0 Å². The number of nitro benzene ring substituents is 1. The van der Waals surface area contributed by atoms with E-state index in [0.29, 0.717) is 0 Å². The largest absolute Gasteiger partial charge is 0.490 e. The van der Waals surface area contributed by atoms with Crippen LogP contribution >= 0.6 is 0 Å². The van der Waals surface area contributed by atoms with E-state index in [1.807, 2.05) is 0 Å². The fourth-order valence-electron chi connectivity index (χ4n) is 1.96. The Labute approximate surface area is 131 Å². The summed E-state index contributed by atoms with van der Waals surface area (Å²) in [6, 6.07) is 2.31. The van der Waals surface area contributed by atoms with Gasteiger partial charge in [0.1, 0.15) is 5.56 Å². The Hall–Kier alpha value is -2.97. The van der Waals surface area contributed by atoms with E-state index >= 15 is 0 Å². The first-order valence-electron chi connectivity index (χ1n) is 6.53. The van der Waals surface area contributed by atoms with E-state index in [9.17, 15) is 29.6 Å². The van der Waals surface area contributed by atoms with Crippen molar-refractivity contribution in [2.45, 2.75) is 26.4 Å². The van der Waals surface area contributed by atoms with E-state index in [1.54, 1.807) is 0 Å². The van der Waals surface area contributed by atoms with Crippen molar-refractivity contribution in [3.8, 4) is 5.75 Å². The highest BCUT2D eigenvalue weighted by Crippen LogP contribution is 2.37. The molecule has 0 aromatic heterocycles. The number of nitrogens with zero attached hydrogens (tertiary/aromatic N) is 1. The molecule has 1 unspecified atom stereocenters. The lowest BCUT2D eigenvalue weighted by Gasteiger charge is -2.18. The molecule has 1 rings (SSSR count). The number of carbonyl (C=O) groups is 3. The average molecular weight is 325 g/mol. The van der Waals surface area contributed by atoms with Gasteiger partial charge >= 0.3 is 17.6 Å². The van der Waals surface area contributed by atoms with Gasteiger partial charge in [0, 0.05) is 12.0 Å². The van der Waals surface area contributed by atoms with Crippen LogP contribution < -0.4 is 4.74 Å². The maximum atomic E-state index is 11.7. The number of methoxy groups -OCH3 is 1. The molecular formula is C14H15NO8. The number of carboxylic acids is 1. The van der Waals surface area contributed by atoms with E-state index in [-0.39, 0.29) is 17.7 Å². The number of aromatic carboxylic acids is 1. The Morgan fingerprint density at radius 1 is 1.35 bits per heavy atom. The molecule has 0 aliphatic carbocycles. The summed E-state index contributed by atoms with van der Waals surface area (Å²) >= 11 is 0. The molecule has 0 radical (unpaired) electrons. The molecule has 0 saturated heterocycles. The molecule has 1 atom stereocenters. The van der Waals surface area contributed by atoms with Gasteiger partial charge < -0.3 is 14.6 Å². The third kappa shape index (κ3) is 3.82. The molecule has 1 aromatic carbocycles. The molecule has 1 aromatic rings. The maximum absolute atomic E-state index is 11.7. The molecule has 0 amide bonds. The molecule has 0 saturated carbocycles. The normalized spacial score (nSPS) is 11.4. The van der Waals surface area contributed by atoms with Crippen LogP contribution in [0, 0.1) is 10.1 Å². The van der Waals surface area contributed by atoms with Crippen LogP contribution in [0.2, 0.25) is 0 Å². The number of Topliss-reactive ketones (excluding diaryl/α,β-unsaturated/α-hetero) is 1. The first kappa shape index (κ1) is 18.1. The lowest BCUT2D eigenvalue weighted by atomic mass is 9.97. The average Bonchev–Trinajstić information content (AvgIpc) is 2.50. The second kappa shape index (κ2) is 7.34. The van der Waals surface area contributed by atoms with Gasteiger partial charge in [-0.2, -0.15) is 0 Å². The van der Waals surface area contributed by atoms with Crippen LogP contribution in [0.5, 0.6) is 5.75 Å². The van der Waals surface area contributed by atoms with Crippen molar-refractivity contribution < 1.29 is 33.9 Å². The van der Waals surface area contributed by atoms with Gasteiger partial charge in [0.2, 0.25) is 0 Å². The number of nitro groups is 1. The quantitative estimate of drug-likeness (QED) is 0.456. The highest BCUT2D eigenvalue weighted by atomic mass is 16.6. The molecular weight excluding hydrogens is 310 g/mol. The molecule has 0 heterocycles. The van der Waals surface area contributed by atoms with Crippen molar-refractivity contribution in [3.05, 3.63) is 33.4 Å². The third-order valence-electron chi connectivity index (χ3n) is 2.98. The van der Waals surface area contributed by atoms with Crippen molar-refractivity contribution in [2.24, 2.45) is 0 Å². The summed E-state index contributed by atoms with van der Waals surface area (Å²) in [4.78, 5) is 44.9. The van der Waals surface area contributed by atoms with Crippen LogP contribution in [0.1, 0.15) is 42.3 Å². The van der Waals surface area contributed by atoms with Gasteiger partial charge in [-0.15, -0.1) is 0 Å². The molecule has 1 N–H and O–H groups in total. The molecule has 0 aliphatic heterocycles. The van der Waals surface area contributed by atoms with Gasteiger partial charge in [-0.05, 0) is 19.1 Å². The van der Waals surface area contributed by atoms with Crippen LogP contribution in [0.3, 0.4) is 0 Å². The number of hydrogen-bond acceptors (Lipinski definition) is 7. The van der Waals surface area contributed by atoms with Crippen molar-refractivity contribution in [2.75, 3.05) is 7.11 Å². The Balaban J connectivity index is 3.64. The zero-order valence-corrected chi connectivity index (χ0v) is 12.7. The summed E-state index contributed by atoms with van der Waals surface area (Å²) < 4.78 is 9.73. The first-order valence-corrected chi connectivity index (χ1v) is 6.53. The van der Waals surface area contributed by atoms with Crippen molar-refractivity contribution in [1.29, 1.82) is 0 Å². The first-order chi connectivity index (χ1) is 10.7. The van der Waals surface area contributed by atoms with Crippen LogP contribution in [-0.4, -0.2) is 34.9 Å². The molecule has 9 heteroatoms. The van der Waals surface area contributed by atoms with Crippen LogP contribution in [-0.2, 0) is 14.3 Å². The van der Waals surface area contributed by atoms with Crippen molar-refractivity contribution in [1.82, 2.24) is 0 Å². The minimum absolute atomic E-state index is 0.0373. The third-order valence-corrected chi connectivity index (χ3v) is 2.98. The SMILES string of the molecule is CCC(=O)OC(C(C)=O)c1ccc(OC)c([N+](=O)[O-])c1C(=O)O. The molecule has 0 fully saturated rings. The predicted octanol–water partition coefficient (Wildman–Crippen LogP) is 1.88. The van der Waals surface area contributed by atoms with Crippen molar-refractivity contribution >= 4 is 23.4 Å². The second-order valence-electron chi connectivity index (χ2n) is 4.48. The summed E-state index contributed by atoms with van der Waals surface area (Å²) in [5.74, 6) is -3.31. The van der Waals surface area contributed by atoms with E-state index in [1.165, 1.54) is 6.92 Å². The Morgan fingerprint density at radius 2 is 1.96 bits per heavy atom. The zero-order chi connectivity index (χ0) is 17.7. The summed E-state index contributed by atoms with van der Waals surface area (Å²) in [5, 5.41) is 20.5. The van der Waals surface area contributed by atoms with E-state index in [0.717, 1.165) is 26.2 Å². The number of carbonyl (C=O) groups excluding carboxylic acids is 2. The molecule has 9 nitrogen and oxygen atoms in total. The minimum Gasteiger partial charge on any atom is -0.490 e. The monoisotopic (exact) mass is 325 g/mol. The van der Waals surface area contributed by atoms with E-state index < -0.39 is 40.0 Å². The summed E-state index contributed by atoms with van der Waals surface area (Å²) in [5.41, 5.74) is -1.84. The smallest absolute Gasteiger partial charge is 0.343 e. The number of rotatable bonds is 7. The predicted molar refractivity (Wildman–Crippen MR) is 76.4 cm³/mol. The van der Waals surface area contributed by atoms with Gasteiger partial charge in [0.15, 0.2) is 17.6 Å². The van der Waals surface area contributed by atoms with E-state index in [4.69, 9.17) is 9.47 Å². The molecule has 23 heavy (non-hydrogen) atoms. The second-order valence-corrected chi connectivity index (χ2v) is 4.48. The minimum atomic E-state index is -1.63. The summed E-state index contributed by atoms with van der Waals surface area (Å²) in [7, 11) is 1.15. The van der Waals surface area contributed by atoms with Crippen LogP contribution in [0.4, 0.5) is 5.69 Å². The zero-order valence-electron chi connectivity index (χ0n) is 12.7. The highest BCUT2D eigenvalue weighted by Gasteiger charge is 2.35. The van der Waals surface area contributed by atoms with Crippen LogP contribution in [0.25, 0.3) is 0 Å². The highest BCUT2D eigenvalue weighted by molar-refractivity contribution is 5.98. The van der Waals surface area contributed by atoms with Crippen LogP contribution in [0.15, 0.2) is 12.1 Å². The fourth-order valence-corrected chi connectivity index (χ4v) is 1.96. The van der Waals surface area contributed by atoms with Gasteiger partial charge in [0.25, 0.3) is 0 Å². The van der Waals surface area contributed by atoms with E-state index in [2.05, 4.69) is 0 Å². The summed E-state index contributed by atoms with van der Waals surface area (Å²) in [6.07, 6.45) is -1.58. The lowest BCUT2D eigenvalue weighted by Crippen LogP contribution is -2.21. The molecule has 0 bridgehead atoms. The lowest BCUT2D eigenvalue weighted by molar-refractivity contribution is -0.386. The number of ether oxygens (including phenoxy) is 2. The Morgan fingerprint density at radius 3 is 2.35 bits per heavy atom. The Bertz CT molecular complexity index is 667. The van der Waals surface area contributed by atoms with Gasteiger partial charge in [-0.3, -0.25) is 19.7 Å². The maximum Gasteiger partial charge on any atom is 0.343 e. The van der Waals surface area contributed by atoms with Gasteiger partial charge in [0.05, 0.1) is 12.0 Å². The number of benzene rings is 1.